The molecule has 2 aromatic rings. The molecule has 0 spiro atoms. The zero-order valence-corrected chi connectivity index (χ0v) is 14.3. The lowest BCUT2D eigenvalue weighted by Gasteiger charge is -2.07. The summed E-state index contributed by atoms with van der Waals surface area (Å²) in [5, 5.41) is 5.42. The number of urea groups is 1. The number of halogens is 2. The molecular weight excluding hydrogens is 375 g/mol. The van der Waals surface area contributed by atoms with Gasteiger partial charge in [-0.3, -0.25) is 0 Å². The molecule has 0 bridgehead atoms. The second kappa shape index (κ2) is 8.41. The number of carbonyl (C=O) groups is 1. The molecule has 0 unspecified atom stereocenters. The average molecular weight is 389 g/mol. The number of hydrogen-bond donors (Lipinski definition) is 2. The van der Waals surface area contributed by atoms with Gasteiger partial charge >= 0.3 is 6.03 Å². The molecule has 21 heavy (non-hydrogen) atoms. The highest BCUT2D eigenvalue weighted by molar-refractivity contribution is 9.11. The number of hydrogen-bond acceptors (Lipinski definition) is 3. The minimum absolute atomic E-state index is 0.277. The van der Waals surface area contributed by atoms with Crippen molar-refractivity contribution in [3.05, 3.63) is 50.9 Å². The van der Waals surface area contributed by atoms with Gasteiger partial charge in [0.2, 0.25) is 0 Å². The average Bonchev–Trinajstić information content (AvgIpc) is 2.87. The highest BCUT2D eigenvalue weighted by Gasteiger charge is 2.02. The quantitative estimate of drug-likeness (QED) is 0.703. The van der Waals surface area contributed by atoms with Crippen LogP contribution >= 0.6 is 39.0 Å². The summed E-state index contributed by atoms with van der Waals surface area (Å²) in [6.45, 7) is 0.588. The van der Waals surface area contributed by atoms with Crippen LogP contribution in [0.2, 0.25) is 0 Å². The van der Waals surface area contributed by atoms with Crippen LogP contribution in [0.15, 0.2) is 40.2 Å². The first kappa shape index (κ1) is 16.3. The first-order chi connectivity index (χ1) is 10.1. The SMILES string of the molecule is O=C(NCCSCc1ccc(Br)s1)Nc1ccc(F)cc1. The van der Waals surface area contributed by atoms with Gasteiger partial charge in [0.1, 0.15) is 5.82 Å². The zero-order valence-electron chi connectivity index (χ0n) is 11.1. The van der Waals surface area contributed by atoms with Crippen molar-refractivity contribution in [2.45, 2.75) is 5.75 Å². The Labute approximate surface area is 139 Å². The van der Waals surface area contributed by atoms with E-state index in [4.69, 9.17) is 0 Å². The lowest BCUT2D eigenvalue weighted by molar-refractivity contribution is 0.252. The zero-order chi connectivity index (χ0) is 15.1. The van der Waals surface area contributed by atoms with Gasteiger partial charge in [-0.25, -0.2) is 9.18 Å². The van der Waals surface area contributed by atoms with E-state index < -0.39 is 0 Å². The van der Waals surface area contributed by atoms with E-state index in [0.29, 0.717) is 12.2 Å². The molecule has 2 rings (SSSR count). The van der Waals surface area contributed by atoms with E-state index in [2.05, 4.69) is 32.6 Å². The van der Waals surface area contributed by atoms with Crippen LogP contribution < -0.4 is 10.6 Å². The Balaban J connectivity index is 1.60. The second-order valence-corrected chi connectivity index (χ2v) is 7.80. The number of rotatable bonds is 6. The summed E-state index contributed by atoms with van der Waals surface area (Å²) < 4.78 is 13.9. The molecule has 3 nitrogen and oxygen atoms in total. The van der Waals surface area contributed by atoms with Gasteiger partial charge in [-0.1, -0.05) is 0 Å². The van der Waals surface area contributed by atoms with Crippen molar-refractivity contribution in [3.63, 3.8) is 0 Å². The van der Waals surface area contributed by atoms with Gasteiger partial charge in [0.15, 0.2) is 0 Å². The largest absolute Gasteiger partial charge is 0.337 e. The number of benzene rings is 1. The van der Waals surface area contributed by atoms with Crippen molar-refractivity contribution in [3.8, 4) is 0 Å². The third-order valence-electron chi connectivity index (χ3n) is 2.51. The summed E-state index contributed by atoms with van der Waals surface area (Å²) in [5.74, 6) is 1.46. The molecule has 0 radical (unpaired) electrons. The van der Waals surface area contributed by atoms with Crippen LogP contribution in [0.1, 0.15) is 4.88 Å². The van der Waals surface area contributed by atoms with Crippen LogP contribution in [0.3, 0.4) is 0 Å². The van der Waals surface area contributed by atoms with Crippen molar-refractivity contribution < 1.29 is 9.18 Å². The Morgan fingerprint density at radius 2 is 2.00 bits per heavy atom. The van der Waals surface area contributed by atoms with E-state index in [1.54, 1.807) is 23.1 Å². The van der Waals surface area contributed by atoms with Gasteiger partial charge in [0.25, 0.3) is 0 Å². The lowest BCUT2D eigenvalue weighted by atomic mass is 10.3. The predicted octanol–water partition coefficient (Wildman–Crippen LogP) is 4.70. The summed E-state index contributed by atoms with van der Waals surface area (Å²) >= 11 is 6.92. The highest BCUT2D eigenvalue weighted by atomic mass is 79.9. The normalized spacial score (nSPS) is 10.4. The van der Waals surface area contributed by atoms with Gasteiger partial charge < -0.3 is 10.6 Å². The fraction of sp³-hybridized carbons (Fsp3) is 0.214. The Morgan fingerprint density at radius 1 is 1.24 bits per heavy atom. The number of thiophene rings is 1. The summed E-state index contributed by atoms with van der Waals surface area (Å²) in [4.78, 5) is 12.9. The summed E-state index contributed by atoms with van der Waals surface area (Å²) in [7, 11) is 0. The van der Waals surface area contributed by atoms with Gasteiger partial charge in [-0.15, -0.1) is 11.3 Å². The first-order valence-corrected chi connectivity index (χ1v) is 9.02. The van der Waals surface area contributed by atoms with Crippen LogP contribution in [0.5, 0.6) is 0 Å². The monoisotopic (exact) mass is 388 g/mol. The van der Waals surface area contributed by atoms with Crippen LogP contribution in [0.25, 0.3) is 0 Å². The number of anilines is 1. The molecule has 0 fully saturated rings. The molecule has 1 aromatic heterocycles. The van der Waals surface area contributed by atoms with E-state index in [0.717, 1.165) is 15.3 Å². The van der Waals surface area contributed by atoms with Crippen molar-refractivity contribution in [2.75, 3.05) is 17.6 Å². The van der Waals surface area contributed by atoms with Crippen LogP contribution in [-0.4, -0.2) is 18.3 Å². The standard InChI is InChI=1S/C14H14BrFN2OS2/c15-13-6-5-12(21-13)9-20-8-7-17-14(19)18-11-3-1-10(16)2-4-11/h1-6H,7-9H2,(H2,17,18,19). The van der Waals surface area contributed by atoms with E-state index in [1.165, 1.54) is 29.1 Å². The van der Waals surface area contributed by atoms with Gasteiger partial charge in [-0.05, 0) is 52.3 Å². The van der Waals surface area contributed by atoms with Crippen molar-refractivity contribution >= 4 is 50.7 Å². The van der Waals surface area contributed by atoms with Gasteiger partial charge in [0, 0.05) is 28.6 Å². The molecule has 1 aromatic carbocycles. The molecule has 2 N–H and O–H groups in total. The van der Waals surface area contributed by atoms with Crippen LogP contribution in [0.4, 0.5) is 14.9 Å². The molecular formula is C14H14BrFN2OS2. The fourth-order valence-electron chi connectivity index (χ4n) is 1.55. The molecule has 0 saturated carbocycles. The third-order valence-corrected chi connectivity index (χ3v) is 5.32. The van der Waals surface area contributed by atoms with Crippen molar-refractivity contribution in [1.82, 2.24) is 5.32 Å². The number of thioether (sulfide) groups is 1. The predicted molar refractivity (Wildman–Crippen MR) is 91.6 cm³/mol. The topological polar surface area (TPSA) is 41.1 Å². The van der Waals surface area contributed by atoms with Gasteiger partial charge in [0.05, 0.1) is 3.79 Å². The Bertz CT molecular complexity index is 589. The van der Waals surface area contributed by atoms with Crippen molar-refractivity contribution in [1.29, 1.82) is 0 Å². The fourth-order valence-corrected chi connectivity index (χ4v) is 4.00. The molecule has 0 aliphatic carbocycles. The lowest BCUT2D eigenvalue weighted by Crippen LogP contribution is -2.30. The molecule has 0 atom stereocenters. The van der Waals surface area contributed by atoms with E-state index >= 15 is 0 Å². The minimum Gasteiger partial charge on any atom is -0.337 e. The summed E-state index contributed by atoms with van der Waals surface area (Å²) in [6, 6.07) is 9.53. The van der Waals surface area contributed by atoms with Crippen LogP contribution in [0, 0.1) is 5.82 Å². The molecule has 0 aliphatic heterocycles. The van der Waals surface area contributed by atoms with E-state index in [1.807, 2.05) is 6.07 Å². The van der Waals surface area contributed by atoms with Crippen molar-refractivity contribution in [2.24, 2.45) is 0 Å². The Kier molecular flexibility index (Phi) is 6.53. The van der Waals surface area contributed by atoms with Gasteiger partial charge in [-0.2, -0.15) is 11.8 Å². The van der Waals surface area contributed by atoms with E-state index in [9.17, 15) is 9.18 Å². The first-order valence-electron chi connectivity index (χ1n) is 6.26. The van der Waals surface area contributed by atoms with E-state index in [-0.39, 0.29) is 11.8 Å². The second-order valence-electron chi connectivity index (χ2n) is 4.15. The number of carbonyl (C=O) groups excluding carboxylic acids is 1. The Morgan fingerprint density at radius 3 is 2.67 bits per heavy atom. The molecule has 0 aliphatic rings. The molecule has 112 valence electrons. The maximum absolute atomic E-state index is 12.7. The molecule has 1 heterocycles. The highest BCUT2D eigenvalue weighted by Crippen LogP contribution is 2.25. The maximum atomic E-state index is 12.7. The maximum Gasteiger partial charge on any atom is 0.319 e. The minimum atomic E-state index is -0.322. The third kappa shape index (κ3) is 6.07. The summed E-state index contributed by atoms with van der Waals surface area (Å²) in [5.41, 5.74) is 0.574. The molecule has 2 amide bonds. The number of nitrogens with one attached hydrogen (secondary N) is 2. The molecule has 0 saturated heterocycles. The molecule has 7 heteroatoms. The Hall–Kier alpha value is -1.05. The smallest absolute Gasteiger partial charge is 0.319 e. The number of amides is 2. The van der Waals surface area contributed by atoms with Crippen LogP contribution in [-0.2, 0) is 5.75 Å². The summed E-state index contributed by atoms with van der Waals surface area (Å²) in [6.07, 6.45) is 0.